The molecule has 9 heteroatoms. The number of aryl methyl sites for hydroxylation is 1. The number of nitrogens with zero attached hydrogens (tertiary/aromatic N) is 2. The number of furan rings is 1. The van der Waals surface area contributed by atoms with Crippen molar-refractivity contribution in [1.82, 2.24) is 10.2 Å². The lowest BCUT2D eigenvalue weighted by Crippen LogP contribution is -2.26. The molecular formula is C25H18N4O5. The second kappa shape index (κ2) is 9.26. The number of aromatic nitrogens is 2. The number of H-pyrrole nitrogens is 1. The van der Waals surface area contributed by atoms with Crippen LogP contribution in [0, 0.1) is 18.3 Å². The van der Waals surface area contributed by atoms with E-state index in [9.17, 15) is 19.6 Å². The van der Waals surface area contributed by atoms with Gasteiger partial charge in [0.25, 0.3) is 11.5 Å². The van der Waals surface area contributed by atoms with Gasteiger partial charge in [0.05, 0.1) is 12.8 Å². The van der Waals surface area contributed by atoms with Crippen molar-refractivity contribution in [3.8, 4) is 28.5 Å². The number of benzene rings is 2. The number of amides is 1. The van der Waals surface area contributed by atoms with Crippen LogP contribution in [0.4, 0.5) is 5.88 Å². The summed E-state index contributed by atoms with van der Waals surface area (Å²) in [5, 5.41) is 18.6. The molecule has 0 unspecified atom stereocenters. The van der Waals surface area contributed by atoms with Gasteiger partial charge in [-0.25, -0.2) is 9.89 Å². The third-order valence-electron chi connectivity index (χ3n) is 5.13. The second-order valence-electron chi connectivity index (χ2n) is 7.18. The molecular weight excluding hydrogens is 436 g/mol. The maximum Gasteiger partial charge on any atom is 0.342 e. The van der Waals surface area contributed by atoms with Crippen LogP contribution >= 0.6 is 0 Å². The molecule has 0 aliphatic heterocycles. The molecule has 2 aromatic carbocycles. The van der Waals surface area contributed by atoms with Crippen LogP contribution in [0.5, 0.6) is 0 Å². The quantitative estimate of drug-likeness (QED) is 0.436. The standard InChI is InChI=1S/C25H18N4O5/c1-14-18(25(32)33-2)17(13-26)24(34-14)27-22(30)20-19(15-9-5-3-6-10-15)21(28-29-23(20)31)16-11-7-4-8-12-16/h3-12H,1-2H3,(H,27,30)(H,29,31). The second-order valence-corrected chi connectivity index (χ2v) is 7.18. The number of anilines is 1. The Morgan fingerprint density at radius 1 is 1.03 bits per heavy atom. The Morgan fingerprint density at radius 2 is 1.65 bits per heavy atom. The molecule has 168 valence electrons. The Balaban J connectivity index is 1.89. The third kappa shape index (κ3) is 3.96. The zero-order valence-corrected chi connectivity index (χ0v) is 18.2. The van der Waals surface area contributed by atoms with Gasteiger partial charge in [0, 0.05) is 11.1 Å². The molecule has 0 saturated heterocycles. The lowest BCUT2D eigenvalue weighted by atomic mass is 9.95. The number of carbonyl (C=O) groups is 2. The largest absolute Gasteiger partial charge is 0.465 e. The predicted molar refractivity (Wildman–Crippen MR) is 123 cm³/mol. The Morgan fingerprint density at radius 3 is 2.24 bits per heavy atom. The summed E-state index contributed by atoms with van der Waals surface area (Å²) in [6.45, 7) is 1.46. The Hall–Kier alpha value is -4.97. The van der Waals surface area contributed by atoms with E-state index in [-0.39, 0.29) is 28.3 Å². The maximum atomic E-state index is 13.4. The summed E-state index contributed by atoms with van der Waals surface area (Å²) < 4.78 is 10.2. The molecule has 0 aliphatic rings. The number of hydrogen-bond donors (Lipinski definition) is 2. The zero-order valence-electron chi connectivity index (χ0n) is 18.2. The van der Waals surface area contributed by atoms with E-state index in [1.165, 1.54) is 14.0 Å². The molecule has 0 fully saturated rings. The number of carbonyl (C=O) groups excluding carboxylic acids is 2. The first-order chi connectivity index (χ1) is 16.5. The van der Waals surface area contributed by atoms with Crippen molar-refractivity contribution in [3.05, 3.63) is 93.5 Å². The van der Waals surface area contributed by atoms with Crippen molar-refractivity contribution in [1.29, 1.82) is 5.26 Å². The fraction of sp³-hybridized carbons (Fsp3) is 0.0800. The van der Waals surface area contributed by atoms with Crippen molar-refractivity contribution < 1.29 is 18.7 Å². The van der Waals surface area contributed by atoms with Gasteiger partial charge in [-0.3, -0.25) is 14.9 Å². The van der Waals surface area contributed by atoms with E-state index in [1.807, 2.05) is 30.3 Å². The third-order valence-corrected chi connectivity index (χ3v) is 5.13. The molecule has 0 bridgehead atoms. The van der Waals surface area contributed by atoms with Crippen LogP contribution in [0.25, 0.3) is 22.4 Å². The Bertz CT molecular complexity index is 1480. The lowest BCUT2D eigenvalue weighted by molar-refractivity contribution is 0.0598. The highest BCUT2D eigenvalue weighted by Crippen LogP contribution is 2.33. The minimum absolute atomic E-state index is 0.0931. The number of aromatic amines is 1. The molecule has 34 heavy (non-hydrogen) atoms. The van der Waals surface area contributed by atoms with E-state index >= 15 is 0 Å². The molecule has 0 aliphatic carbocycles. The first-order valence-corrected chi connectivity index (χ1v) is 10.1. The van der Waals surface area contributed by atoms with E-state index in [0.29, 0.717) is 22.4 Å². The highest BCUT2D eigenvalue weighted by Gasteiger charge is 2.28. The van der Waals surface area contributed by atoms with E-state index in [1.54, 1.807) is 36.4 Å². The Labute approximate surface area is 193 Å². The molecule has 4 rings (SSSR count). The summed E-state index contributed by atoms with van der Waals surface area (Å²) in [5.74, 6) is -1.78. The first kappa shape index (κ1) is 22.2. The van der Waals surface area contributed by atoms with Gasteiger partial charge < -0.3 is 9.15 Å². The molecule has 2 N–H and O–H groups in total. The molecule has 1 amide bonds. The number of nitrogens with one attached hydrogen (secondary N) is 2. The number of hydrogen-bond acceptors (Lipinski definition) is 7. The molecule has 2 heterocycles. The normalized spacial score (nSPS) is 10.4. The minimum Gasteiger partial charge on any atom is -0.465 e. The minimum atomic E-state index is -0.832. The number of esters is 1. The molecule has 0 atom stereocenters. The van der Waals surface area contributed by atoms with Gasteiger partial charge in [-0.2, -0.15) is 10.4 Å². The number of ether oxygens (including phenoxy) is 1. The summed E-state index contributed by atoms with van der Waals surface area (Å²) in [4.78, 5) is 38.3. The molecule has 0 radical (unpaired) electrons. The van der Waals surface area contributed by atoms with Gasteiger partial charge in [-0.05, 0) is 12.5 Å². The van der Waals surface area contributed by atoms with Crippen molar-refractivity contribution in [3.63, 3.8) is 0 Å². The summed E-state index contributed by atoms with van der Waals surface area (Å²) in [6.07, 6.45) is 0. The van der Waals surface area contributed by atoms with Crippen molar-refractivity contribution in [2.24, 2.45) is 0 Å². The van der Waals surface area contributed by atoms with Gasteiger partial charge in [0.15, 0.2) is 0 Å². The first-order valence-electron chi connectivity index (χ1n) is 10.1. The van der Waals surface area contributed by atoms with Crippen LogP contribution in [-0.4, -0.2) is 29.2 Å². The molecule has 0 spiro atoms. The average molecular weight is 454 g/mol. The number of rotatable bonds is 5. The molecule has 4 aromatic rings. The topological polar surface area (TPSA) is 138 Å². The smallest absolute Gasteiger partial charge is 0.342 e. The van der Waals surface area contributed by atoms with Crippen LogP contribution in [0.15, 0.2) is 69.9 Å². The Kier molecular flexibility index (Phi) is 6.05. The van der Waals surface area contributed by atoms with Crippen molar-refractivity contribution in [2.75, 3.05) is 12.4 Å². The summed E-state index contributed by atoms with van der Waals surface area (Å²) in [6, 6.07) is 19.8. The van der Waals surface area contributed by atoms with Crippen LogP contribution < -0.4 is 10.9 Å². The fourth-order valence-corrected chi connectivity index (χ4v) is 3.61. The van der Waals surface area contributed by atoms with Gasteiger partial charge in [-0.1, -0.05) is 60.7 Å². The maximum absolute atomic E-state index is 13.4. The number of methoxy groups -OCH3 is 1. The van der Waals surface area contributed by atoms with Crippen molar-refractivity contribution in [2.45, 2.75) is 6.92 Å². The lowest BCUT2D eigenvalue weighted by Gasteiger charge is -2.13. The van der Waals surface area contributed by atoms with Crippen LogP contribution in [0.1, 0.15) is 32.0 Å². The van der Waals surface area contributed by atoms with Gasteiger partial charge >= 0.3 is 5.97 Å². The van der Waals surface area contributed by atoms with Gasteiger partial charge in [-0.15, -0.1) is 0 Å². The predicted octanol–water partition coefficient (Wildman–Crippen LogP) is 3.92. The van der Waals surface area contributed by atoms with E-state index in [0.717, 1.165) is 0 Å². The summed E-state index contributed by atoms with van der Waals surface area (Å²) in [5.41, 5.74) is 0.724. The fourth-order valence-electron chi connectivity index (χ4n) is 3.61. The van der Waals surface area contributed by atoms with E-state index in [4.69, 9.17) is 9.15 Å². The monoisotopic (exact) mass is 454 g/mol. The highest BCUT2D eigenvalue weighted by atomic mass is 16.5. The van der Waals surface area contributed by atoms with Gasteiger partial charge in [0.1, 0.15) is 28.5 Å². The molecule has 0 saturated carbocycles. The zero-order chi connectivity index (χ0) is 24.2. The van der Waals surface area contributed by atoms with Crippen molar-refractivity contribution >= 4 is 17.8 Å². The molecule has 9 nitrogen and oxygen atoms in total. The van der Waals surface area contributed by atoms with Crippen LogP contribution in [0.3, 0.4) is 0 Å². The van der Waals surface area contributed by atoms with Crippen LogP contribution in [-0.2, 0) is 4.74 Å². The van der Waals surface area contributed by atoms with Crippen LogP contribution in [0.2, 0.25) is 0 Å². The summed E-state index contributed by atoms with van der Waals surface area (Å²) in [7, 11) is 1.17. The highest BCUT2D eigenvalue weighted by molar-refractivity contribution is 6.10. The number of nitriles is 1. The van der Waals surface area contributed by atoms with E-state index < -0.39 is 17.4 Å². The molecule has 2 aromatic heterocycles. The SMILES string of the molecule is COC(=O)c1c(C)oc(NC(=O)c2c(-c3ccccc3)c(-c3ccccc3)n[nH]c2=O)c1C#N. The van der Waals surface area contributed by atoms with E-state index in [2.05, 4.69) is 15.5 Å². The van der Waals surface area contributed by atoms with Gasteiger partial charge in [0.2, 0.25) is 5.88 Å². The summed E-state index contributed by atoms with van der Waals surface area (Å²) >= 11 is 0. The average Bonchev–Trinajstić information content (AvgIpc) is 3.18.